The number of hydrogen-bond acceptors (Lipinski definition) is 4. The fourth-order valence-corrected chi connectivity index (χ4v) is 2.48. The predicted octanol–water partition coefficient (Wildman–Crippen LogP) is 1.53. The van der Waals surface area contributed by atoms with Crippen LogP contribution in [0.3, 0.4) is 0 Å². The highest BCUT2D eigenvalue weighted by Gasteiger charge is 2.30. The van der Waals surface area contributed by atoms with E-state index in [1.807, 2.05) is 4.90 Å². The summed E-state index contributed by atoms with van der Waals surface area (Å²) in [5, 5.41) is 3.37. The van der Waals surface area contributed by atoms with Gasteiger partial charge in [0.25, 0.3) is 5.91 Å². The Morgan fingerprint density at radius 1 is 1.30 bits per heavy atom. The van der Waals surface area contributed by atoms with Gasteiger partial charge in [-0.1, -0.05) is 0 Å². The molecule has 1 saturated heterocycles. The molecule has 2 rings (SSSR count). The molecule has 1 aliphatic rings. The van der Waals surface area contributed by atoms with E-state index in [4.69, 9.17) is 9.47 Å². The monoisotopic (exact) mass is 278 g/mol. The van der Waals surface area contributed by atoms with Gasteiger partial charge >= 0.3 is 0 Å². The molecule has 1 amide bonds. The van der Waals surface area contributed by atoms with Crippen LogP contribution in [0, 0.1) is 0 Å². The number of nitrogens with one attached hydrogen (secondary N) is 1. The lowest BCUT2D eigenvalue weighted by molar-refractivity contribution is 0.0599. The van der Waals surface area contributed by atoms with E-state index < -0.39 is 0 Å². The van der Waals surface area contributed by atoms with Crippen LogP contribution in [0.4, 0.5) is 0 Å². The first-order valence-electron chi connectivity index (χ1n) is 6.85. The Morgan fingerprint density at radius 2 is 2.05 bits per heavy atom. The summed E-state index contributed by atoms with van der Waals surface area (Å²) in [6.07, 6.45) is 0. The first-order chi connectivity index (χ1) is 9.58. The molecular weight excluding hydrogens is 256 g/mol. The number of rotatable bonds is 3. The largest absolute Gasteiger partial charge is 0.497 e. The van der Waals surface area contributed by atoms with Gasteiger partial charge in [-0.05, 0) is 32.0 Å². The summed E-state index contributed by atoms with van der Waals surface area (Å²) in [6.45, 7) is 5.66. The quantitative estimate of drug-likeness (QED) is 0.911. The van der Waals surface area contributed by atoms with E-state index >= 15 is 0 Å². The van der Waals surface area contributed by atoms with Gasteiger partial charge in [0, 0.05) is 25.2 Å². The number of carbonyl (C=O) groups excluding carboxylic acids is 1. The van der Waals surface area contributed by atoms with Crippen LogP contribution in [-0.2, 0) is 0 Å². The van der Waals surface area contributed by atoms with Crippen LogP contribution < -0.4 is 14.8 Å². The van der Waals surface area contributed by atoms with Crippen molar-refractivity contribution in [2.75, 3.05) is 27.3 Å². The molecule has 1 aromatic carbocycles. The maximum Gasteiger partial charge on any atom is 0.258 e. The van der Waals surface area contributed by atoms with Crippen molar-refractivity contribution < 1.29 is 14.3 Å². The van der Waals surface area contributed by atoms with Crippen molar-refractivity contribution in [2.24, 2.45) is 0 Å². The van der Waals surface area contributed by atoms with Gasteiger partial charge in [-0.25, -0.2) is 0 Å². The van der Waals surface area contributed by atoms with E-state index in [1.54, 1.807) is 32.4 Å². The zero-order valence-corrected chi connectivity index (χ0v) is 12.5. The van der Waals surface area contributed by atoms with Gasteiger partial charge in [0.05, 0.1) is 19.8 Å². The fourth-order valence-electron chi connectivity index (χ4n) is 2.48. The Morgan fingerprint density at radius 3 is 2.70 bits per heavy atom. The van der Waals surface area contributed by atoms with Crippen LogP contribution in [-0.4, -0.2) is 50.2 Å². The van der Waals surface area contributed by atoms with Crippen LogP contribution in [0.25, 0.3) is 0 Å². The van der Waals surface area contributed by atoms with E-state index in [9.17, 15) is 4.79 Å². The van der Waals surface area contributed by atoms with Crippen LogP contribution in [0.2, 0.25) is 0 Å². The maximum atomic E-state index is 12.8. The molecule has 5 heteroatoms. The number of carbonyl (C=O) groups is 1. The highest BCUT2D eigenvalue weighted by Crippen LogP contribution is 2.26. The third-order valence-corrected chi connectivity index (χ3v) is 3.93. The fraction of sp³-hybridized carbons (Fsp3) is 0.533. The number of piperazine rings is 1. The highest BCUT2D eigenvalue weighted by atomic mass is 16.5. The third kappa shape index (κ3) is 2.72. The molecule has 1 heterocycles. The van der Waals surface area contributed by atoms with E-state index in [-0.39, 0.29) is 18.0 Å². The summed E-state index contributed by atoms with van der Waals surface area (Å²) < 4.78 is 10.5. The minimum atomic E-state index is -0.0124. The lowest BCUT2D eigenvalue weighted by Gasteiger charge is -2.38. The second-order valence-corrected chi connectivity index (χ2v) is 5.05. The molecule has 1 fully saturated rings. The molecule has 5 nitrogen and oxygen atoms in total. The summed E-state index contributed by atoms with van der Waals surface area (Å²) in [5.74, 6) is 1.22. The number of methoxy groups -OCH3 is 2. The number of hydrogen-bond donors (Lipinski definition) is 1. The molecule has 0 saturated carbocycles. The minimum Gasteiger partial charge on any atom is -0.497 e. The molecule has 2 atom stereocenters. The lowest BCUT2D eigenvalue weighted by atomic mass is 10.0. The smallest absolute Gasteiger partial charge is 0.258 e. The molecule has 0 aliphatic carbocycles. The van der Waals surface area contributed by atoms with E-state index in [0.29, 0.717) is 23.6 Å². The third-order valence-electron chi connectivity index (χ3n) is 3.93. The Balaban J connectivity index is 2.32. The molecule has 0 aromatic heterocycles. The van der Waals surface area contributed by atoms with Gasteiger partial charge in [-0.3, -0.25) is 4.79 Å². The van der Waals surface area contributed by atoms with Crippen LogP contribution in [0.5, 0.6) is 11.5 Å². The summed E-state index contributed by atoms with van der Waals surface area (Å²) in [4.78, 5) is 14.7. The van der Waals surface area contributed by atoms with Crippen molar-refractivity contribution in [1.29, 1.82) is 0 Å². The number of benzene rings is 1. The van der Waals surface area contributed by atoms with Crippen LogP contribution >= 0.6 is 0 Å². The molecular formula is C15H22N2O3. The zero-order chi connectivity index (χ0) is 14.7. The Kier molecular flexibility index (Phi) is 4.49. The van der Waals surface area contributed by atoms with Crippen molar-refractivity contribution in [1.82, 2.24) is 10.2 Å². The number of nitrogens with zero attached hydrogens (tertiary/aromatic N) is 1. The predicted molar refractivity (Wildman–Crippen MR) is 77.5 cm³/mol. The molecule has 0 spiro atoms. The Bertz CT molecular complexity index is 490. The number of amides is 1. The summed E-state index contributed by atoms with van der Waals surface area (Å²) >= 11 is 0. The second kappa shape index (κ2) is 6.13. The van der Waals surface area contributed by atoms with Crippen LogP contribution in [0.15, 0.2) is 18.2 Å². The molecule has 1 N–H and O–H groups in total. The van der Waals surface area contributed by atoms with E-state index in [2.05, 4.69) is 19.2 Å². The van der Waals surface area contributed by atoms with Crippen molar-refractivity contribution in [2.45, 2.75) is 25.9 Å². The van der Waals surface area contributed by atoms with Gasteiger partial charge in [0.1, 0.15) is 11.5 Å². The van der Waals surface area contributed by atoms with Gasteiger partial charge in [-0.15, -0.1) is 0 Å². The van der Waals surface area contributed by atoms with Crippen LogP contribution in [0.1, 0.15) is 24.2 Å². The van der Waals surface area contributed by atoms with Gasteiger partial charge < -0.3 is 19.7 Å². The molecule has 1 aliphatic heterocycles. The molecule has 0 radical (unpaired) electrons. The van der Waals surface area contributed by atoms with Gasteiger partial charge in [-0.2, -0.15) is 0 Å². The average molecular weight is 278 g/mol. The van der Waals surface area contributed by atoms with Crippen molar-refractivity contribution in [3.63, 3.8) is 0 Å². The van der Waals surface area contributed by atoms with Crippen molar-refractivity contribution in [3.05, 3.63) is 23.8 Å². The summed E-state index contributed by atoms with van der Waals surface area (Å²) in [6, 6.07) is 5.72. The van der Waals surface area contributed by atoms with E-state index in [1.165, 1.54) is 0 Å². The first kappa shape index (κ1) is 14.7. The normalized spacial score (nSPS) is 22.5. The Hall–Kier alpha value is -1.75. The molecule has 0 bridgehead atoms. The lowest BCUT2D eigenvalue weighted by Crippen LogP contribution is -2.57. The summed E-state index contributed by atoms with van der Waals surface area (Å²) in [7, 11) is 3.16. The topological polar surface area (TPSA) is 50.8 Å². The summed E-state index contributed by atoms with van der Waals surface area (Å²) in [5.41, 5.74) is 0.549. The molecule has 20 heavy (non-hydrogen) atoms. The van der Waals surface area contributed by atoms with Gasteiger partial charge in [0.15, 0.2) is 0 Å². The average Bonchev–Trinajstić information content (AvgIpc) is 2.48. The first-order valence-corrected chi connectivity index (χ1v) is 6.85. The second-order valence-electron chi connectivity index (χ2n) is 5.05. The highest BCUT2D eigenvalue weighted by molar-refractivity contribution is 5.97. The molecule has 110 valence electrons. The Labute approximate surface area is 119 Å². The number of ether oxygens (including phenoxy) is 2. The van der Waals surface area contributed by atoms with Gasteiger partial charge in [0.2, 0.25) is 0 Å². The molecule has 2 unspecified atom stereocenters. The SMILES string of the molecule is COc1ccc(OC)c(C(=O)N2CCNC(C)C2C)c1. The standard InChI is InChI=1S/C15H22N2O3/c1-10-11(2)17(8-7-16-10)15(18)13-9-12(19-3)5-6-14(13)20-4/h5-6,9-11,16H,7-8H2,1-4H3. The molecule has 1 aromatic rings. The zero-order valence-electron chi connectivity index (χ0n) is 12.5. The van der Waals surface area contributed by atoms with Crippen molar-refractivity contribution >= 4 is 5.91 Å². The maximum absolute atomic E-state index is 12.8. The van der Waals surface area contributed by atoms with E-state index in [0.717, 1.165) is 6.54 Å². The van der Waals surface area contributed by atoms with Crippen molar-refractivity contribution in [3.8, 4) is 11.5 Å². The minimum absolute atomic E-state index is 0.0124.